The van der Waals surface area contributed by atoms with Crippen molar-refractivity contribution >= 4 is 5.69 Å². The van der Waals surface area contributed by atoms with Gasteiger partial charge in [-0.15, -0.1) is 6.42 Å². The molecule has 1 heterocycles. The minimum absolute atomic E-state index is 0.526. The number of rotatable bonds is 4. The van der Waals surface area contributed by atoms with Gasteiger partial charge >= 0.3 is 0 Å². The summed E-state index contributed by atoms with van der Waals surface area (Å²) < 4.78 is 5.19. The van der Waals surface area contributed by atoms with E-state index in [1.54, 1.807) is 19.2 Å². The third-order valence-electron chi connectivity index (χ3n) is 5.49. The summed E-state index contributed by atoms with van der Waals surface area (Å²) >= 11 is 0. The highest BCUT2D eigenvalue weighted by molar-refractivity contribution is 5.53. The zero-order chi connectivity index (χ0) is 18.7. The Hall–Kier alpha value is -2.44. The van der Waals surface area contributed by atoms with Crippen LogP contribution in [0.4, 0.5) is 5.69 Å². The SMILES string of the molecule is C#CC(O)(c1ccc(OC)cc1)c1ccc(N2[C@H](C)CCC[C@@H]2C)cc1. The number of anilines is 1. The van der Waals surface area contributed by atoms with E-state index in [9.17, 15) is 5.11 Å². The van der Waals surface area contributed by atoms with Crippen molar-refractivity contribution in [1.82, 2.24) is 0 Å². The van der Waals surface area contributed by atoms with Crippen molar-refractivity contribution in [1.29, 1.82) is 0 Å². The van der Waals surface area contributed by atoms with Crippen LogP contribution in [0.5, 0.6) is 5.75 Å². The highest BCUT2D eigenvalue weighted by Crippen LogP contribution is 2.34. The minimum atomic E-state index is -1.45. The van der Waals surface area contributed by atoms with Gasteiger partial charge in [0, 0.05) is 28.9 Å². The second kappa shape index (κ2) is 7.43. The van der Waals surface area contributed by atoms with Crippen LogP contribution in [0, 0.1) is 12.3 Å². The normalized spacial score (nSPS) is 22.3. The van der Waals surface area contributed by atoms with Crippen molar-refractivity contribution in [2.24, 2.45) is 0 Å². The van der Waals surface area contributed by atoms with E-state index in [1.807, 2.05) is 24.3 Å². The second-order valence-corrected chi connectivity index (χ2v) is 7.17. The predicted molar refractivity (Wildman–Crippen MR) is 107 cm³/mol. The molecule has 0 aromatic heterocycles. The van der Waals surface area contributed by atoms with E-state index in [-0.39, 0.29) is 0 Å². The molecule has 26 heavy (non-hydrogen) atoms. The van der Waals surface area contributed by atoms with Gasteiger partial charge in [-0.3, -0.25) is 0 Å². The molecule has 136 valence electrons. The molecule has 0 amide bonds. The summed E-state index contributed by atoms with van der Waals surface area (Å²) in [6.07, 6.45) is 9.44. The predicted octanol–water partition coefficient (Wildman–Crippen LogP) is 4.33. The Morgan fingerprint density at radius 1 is 1.00 bits per heavy atom. The van der Waals surface area contributed by atoms with E-state index in [2.05, 4.69) is 36.8 Å². The van der Waals surface area contributed by atoms with Crippen LogP contribution >= 0.6 is 0 Å². The Balaban J connectivity index is 1.91. The maximum Gasteiger partial charge on any atom is 0.176 e. The first-order chi connectivity index (χ1) is 12.5. The van der Waals surface area contributed by atoms with E-state index in [0.29, 0.717) is 23.2 Å². The number of benzene rings is 2. The zero-order valence-corrected chi connectivity index (χ0v) is 15.8. The zero-order valence-electron chi connectivity index (χ0n) is 15.8. The monoisotopic (exact) mass is 349 g/mol. The van der Waals surface area contributed by atoms with E-state index in [1.165, 1.54) is 24.9 Å². The van der Waals surface area contributed by atoms with E-state index < -0.39 is 5.60 Å². The third kappa shape index (κ3) is 3.30. The van der Waals surface area contributed by atoms with Gasteiger partial charge in [0.15, 0.2) is 5.60 Å². The van der Waals surface area contributed by atoms with Gasteiger partial charge in [0.25, 0.3) is 0 Å². The lowest BCUT2D eigenvalue weighted by molar-refractivity contribution is 0.145. The van der Waals surface area contributed by atoms with Gasteiger partial charge < -0.3 is 14.7 Å². The number of nitrogens with zero attached hydrogens (tertiary/aromatic N) is 1. The Morgan fingerprint density at radius 3 is 1.96 bits per heavy atom. The lowest BCUT2D eigenvalue weighted by Crippen LogP contribution is -2.43. The van der Waals surface area contributed by atoms with Crippen molar-refractivity contribution < 1.29 is 9.84 Å². The molecule has 0 bridgehead atoms. The number of hydrogen-bond donors (Lipinski definition) is 1. The maximum atomic E-state index is 11.1. The van der Waals surface area contributed by atoms with E-state index >= 15 is 0 Å². The summed E-state index contributed by atoms with van der Waals surface area (Å²) in [6.45, 7) is 4.55. The molecular formula is C23H27NO2. The fourth-order valence-corrected chi connectivity index (χ4v) is 3.97. The topological polar surface area (TPSA) is 32.7 Å². The Morgan fingerprint density at radius 2 is 1.50 bits per heavy atom. The number of terminal acetylenes is 1. The number of aliphatic hydroxyl groups is 1. The first-order valence-corrected chi connectivity index (χ1v) is 9.23. The molecule has 1 unspecified atom stereocenters. The highest BCUT2D eigenvalue weighted by atomic mass is 16.5. The van der Waals surface area contributed by atoms with Crippen molar-refractivity contribution in [3.63, 3.8) is 0 Å². The van der Waals surface area contributed by atoms with Gasteiger partial charge in [-0.05, 0) is 57.4 Å². The first-order valence-electron chi connectivity index (χ1n) is 9.23. The Bertz CT molecular complexity index is 765. The molecule has 1 N–H and O–H groups in total. The first kappa shape index (κ1) is 18.4. The fourth-order valence-electron chi connectivity index (χ4n) is 3.97. The van der Waals surface area contributed by atoms with Crippen molar-refractivity contribution in [3.8, 4) is 18.1 Å². The van der Waals surface area contributed by atoms with Gasteiger partial charge in [0.05, 0.1) is 7.11 Å². The Labute approximate surface area is 156 Å². The molecule has 2 aromatic rings. The summed E-state index contributed by atoms with van der Waals surface area (Å²) in [5, 5.41) is 11.1. The number of hydrogen-bond acceptors (Lipinski definition) is 3. The van der Waals surface area contributed by atoms with Crippen LogP contribution < -0.4 is 9.64 Å². The van der Waals surface area contributed by atoms with Crippen molar-refractivity contribution in [3.05, 3.63) is 59.7 Å². The van der Waals surface area contributed by atoms with Gasteiger partial charge in [-0.2, -0.15) is 0 Å². The van der Waals surface area contributed by atoms with Gasteiger partial charge in [0.2, 0.25) is 0 Å². The molecule has 0 saturated carbocycles. The lowest BCUT2D eigenvalue weighted by Gasteiger charge is -2.41. The largest absolute Gasteiger partial charge is 0.497 e. The van der Waals surface area contributed by atoms with Crippen LogP contribution in [0.15, 0.2) is 48.5 Å². The number of piperidine rings is 1. The molecule has 1 fully saturated rings. The summed E-state index contributed by atoms with van der Waals surface area (Å²) in [4.78, 5) is 2.47. The number of ether oxygens (including phenoxy) is 1. The minimum Gasteiger partial charge on any atom is -0.497 e. The summed E-state index contributed by atoms with van der Waals surface area (Å²) in [5.74, 6) is 3.30. The molecule has 0 aliphatic carbocycles. The second-order valence-electron chi connectivity index (χ2n) is 7.17. The van der Waals surface area contributed by atoms with Gasteiger partial charge in [0.1, 0.15) is 5.75 Å². The maximum absolute atomic E-state index is 11.1. The smallest absolute Gasteiger partial charge is 0.176 e. The molecule has 1 aliphatic heterocycles. The van der Waals surface area contributed by atoms with Crippen LogP contribution in [0.25, 0.3) is 0 Å². The molecule has 3 heteroatoms. The van der Waals surface area contributed by atoms with Crippen LogP contribution in [0.2, 0.25) is 0 Å². The van der Waals surface area contributed by atoms with Crippen molar-refractivity contribution in [2.75, 3.05) is 12.0 Å². The molecule has 1 saturated heterocycles. The molecular weight excluding hydrogens is 322 g/mol. The van der Waals surface area contributed by atoms with Crippen molar-refractivity contribution in [2.45, 2.75) is 50.8 Å². The standard InChI is InChI=1S/C23H27NO2/c1-5-23(25,20-11-15-22(26-4)16-12-20)19-9-13-21(14-10-19)24-17(2)7-6-8-18(24)3/h1,9-18,25H,6-8H2,2-4H3/t17-,18+,23?. The molecule has 0 spiro atoms. The summed E-state index contributed by atoms with van der Waals surface area (Å²) in [6, 6.07) is 16.3. The highest BCUT2D eigenvalue weighted by Gasteiger charge is 2.30. The van der Waals surface area contributed by atoms with Crippen LogP contribution in [0.1, 0.15) is 44.2 Å². The summed E-state index contributed by atoms with van der Waals surface area (Å²) in [7, 11) is 1.61. The van der Waals surface area contributed by atoms with E-state index in [0.717, 1.165) is 5.75 Å². The van der Waals surface area contributed by atoms with Crippen LogP contribution in [-0.4, -0.2) is 24.3 Å². The number of methoxy groups -OCH3 is 1. The van der Waals surface area contributed by atoms with Crippen LogP contribution in [-0.2, 0) is 5.60 Å². The van der Waals surface area contributed by atoms with E-state index in [4.69, 9.17) is 11.2 Å². The average Bonchev–Trinajstić information content (AvgIpc) is 2.68. The molecule has 3 nitrogen and oxygen atoms in total. The molecule has 0 radical (unpaired) electrons. The molecule has 2 aromatic carbocycles. The molecule has 1 aliphatic rings. The molecule has 3 rings (SSSR count). The molecule has 3 atom stereocenters. The Kier molecular flexibility index (Phi) is 5.25. The summed E-state index contributed by atoms with van der Waals surface area (Å²) in [5.41, 5.74) is 1.09. The van der Waals surface area contributed by atoms with Gasteiger partial charge in [-0.1, -0.05) is 30.2 Å². The lowest BCUT2D eigenvalue weighted by atomic mass is 9.86. The van der Waals surface area contributed by atoms with Crippen LogP contribution in [0.3, 0.4) is 0 Å². The fraction of sp³-hybridized carbons (Fsp3) is 0.391. The van der Waals surface area contributed by atoms with Gasteiger partial charge in [-0.25, -0.2) is 0 Å². The average molecular weight is 349 g/mol. The third-order valence-corrected chi connectivity index (χ3v) is 5.49. The quantitative estimate of drug-likeness (QED) is 0.834.